The molecule has 0 saturated heterocycles. The summed E-state index contributed by atoms with van der Waals surface area (Å²) in [5, 5.41) is 3.27. The fourth-order valence-corrected chi connectivity index (χ4v) is 2.63. The molecule has 106 valence electrons. The van der Waals surface area contributed by atoms with Gasteiger partial charge in [-0.15, -0.1) is 0 Å². The zero-order valence-corrected chi connectivity index (χ0v) is 12.2. The van der Waals surface area contributed by atoms with Crippen molar-refractivity contribution in [2.75, 3.05) is 12.4 Å². The maximum absolute atomic E-state index is 11.8. The van der Waals surface area contributed by atoms with Gasteiger partial charge in [0.2, 0.25) is 10.0 Å². The van der Waals surface area contributed by atoms with Crippen molar-refractivity contribution < 1.29 is 8.42 Å². The van der Waals surface area contributed by atoms with Gasteiger partial charge in [0, 0.05) is 24.1 Å². The zero-order valence-electron chi connectivity index (χ0n) is 11.4. The molecule has 0 bridgehead atoms. The minimum Gasteiger partial charge on any atom is -0.378 e. The number of benzene rings is 1. The summed E-state index contributed by atoms with van der Waals surface area (Å²) >= 11 is 0. The lowest BCUT2D eigenvalue weighted by molar-refractivity contribution is 0.588. The van der Waals surface area contributed by atoms with Gasteiger partial charge in [-0.3, -0.25) is 4.98 Å². The second-order valence-electron chi connectivity index (χ2n) is 4.38. The third-order valence-corrected chi connectivity index (χ3v) is 4.41. The minimum atomic E-state index is -3.42. The molecular formula is C14H17N3O2S. The zero-order chi connectivity index (χ0) is 14.6. The van der Waals surface area contributed by atoms with Gasteiger partial charge in [-0.05, 0) is 49.9 Å². The van der Waals surface area contributed by atoms with Crippen LogP contribution in [0.15, 0.2) is 53.7 Å². The van der Waals surface area contributed by atoms with Crippen LogP contribution in [0.2, 0.25) is 0 Å². The summed E-state index contributed by atoms with van der Waals surface area (Å²) in [7, 11) is -2.02. The van der Waals surface area contributed by atoms with Crippen molar-refractivity contribution in [3.63, 3.8) is 0 Å². The summed E-state index contributed by atoms with van der Waals surface area (Å²) in [6.07, 6.45) is 3.46. The first kappa shape index (κ1) is 14.5. The van der Waals surface area contributed by atoms with E-state index in [4.69, 9.17) is 0 Å². The van der Waals surface area contributed by atoms with Crippen LogP contribution >= 0.6 is 0 Å². The van der Waals surface area contributed by atoms with Gasteiger partial charge in [-0.1, -0.05) is 6.07 Å². The van der Waals surface area contributed by atoms with Crippen molar-refractivity contribution >= 4 is 15.7 Å². The maximum Gasteiger partial charge on any atom is 0.240 e. The Hall–Kier alpha value is -1.92. The fourth-order valence-electron chi connectivity index (χ4n) is 1.86. The van der Waals surface area contributed by atoms with E-state index in [-0.39, 0.29) is 10.9 Å². The van der Waals surface area contributed by atoms with E-state index < -0.39 is 10.0 Å². The fraction of sp³-hybridized carbons (Fsp3) is 0.214. The van der Waals surface area contributed by atoms with Crippen LogP contribution < -0.4 is 10.0 Å². The van der Waals surface area contributed by atoms with Gasteiger partial charge in [0.25, 0.3) is 0 Å². The molecule has 0 fully saturated rings. The van der Waals surface area contributed by atoms with Crippen molar-refractivity contribution in [1.82, 2.24) is 9.71 Å². The van der Waals surface area contributed by atoms with E-state index >= 15 is 0 Å². The molecule has 5 nitrogen and oxygen atoms in total. The van der Waals surface area contributed by atoms with Crippen molar-refractivity contribution in [2.24, 2.45) is 0 Å². The molecule has 0 amide bonds. The molecule has 0 aliphatic heterocycles. The molecule has 2 rings (SSSR count). The SMILES string of the molecule is CNS(=O)(=O)c1cccc(NC(C)c2ccncc2)c1. The predicted molar refractivity (Wildman–Crippen MR) is 79.0 cm³/mol. The molecule has 1 aromatic heterocycles. The second kappa shape index (κ2) is 6.02. The van der Waals surface area contributed by atoms with Gasteiger partial charge in [0.1, 0.15) is 0 Å². The molecule has 6 heteroatoms. The van der Waals surface area contributed by atoms with E-state index in [1.165, 1.54) is 7.05 Å². The summed E-state index contributed by atoms with van der Waals surface area (Å²) in [5.74, 6) is 0. The van der Waals surface area contributed by atoms with E-state index in [9.17, 15) is 8.42 Å². The van der Waals surface area contributed by atoms with Gasteiger partial charge in [0.15, 0.2) is 0 Å². The molecule has 1 unspecified atom stereocenters. The van der Waals surface area contributed by atoms with Gasteiger partial charge in [-0.2, -0.15) is 0 Å². The molecule has 1 heterocycles. The maximum atomic E-state index is 11.8. The largest absolute Gasteiger partial charge is 0.378 e. The van der Waals surface area contributed by atoms with Gasteiger partial charge in [-0.25, -0.2) is 13.1 Å². The van der Waals surface area contributed by atoms with Gasteiger partial charge >= 0.3 is 0 Å². The molecule has 0 aliphatic carbocycles. The Kier molecular flexibility index (Phi) is 4.36. The summed E-state index contributed by atoms with van der Waals surface area (Å²) in [5.41, 5.74) is 1.84. The van der Waals surface area contributed by atoms with E-state index in [2.05, 4.69) is 15.0 Å². The lowest BCUT2D eigenvalue weighted by atomic mass is 10.1. The average Bonchev–Trinajstić information content (AvgIpc) is 2.48. The first-order valence-corrected chi connectivity index (χ1v) is 7.71. The minimum absolute atomic E-state index is 0.0607. The van der Waals surface area contributed by atoms with Crippen LogP contribution in [0, 0.1) is 0 Å². The van der Waals surface area contributed by atoms with Crippen LogP contribution in [0.25, 0.3) is 0 Å². The number of aromatic nitrogens is 1. The number of hydrogen-bond donors (Lipinski definition) is 2. The lowest BCUT2D eigenvalue weighted by Gasteiger charge is -2.16. The molecule has 0 aliphatic rings. The van der Waals surface area contributed by atoms with Crippen LogP contribution in [-0.2, 0) is 10.0 Å². The highest BCUT2D eigenvalue weighted by molar-refractivity contribution is 7.89. The average molecular weight is 291 g/mol. The number of nitrogens with one attached hydrogen (secondary N) is 2. The Balaban J connectivity index is 2.21. The Morgan fingerprint density at radius 3 is 2.50 bits per heavy atom. The molecule has 0 saturated carbocycles. The molecule has 0 spiro atoms. The Morgan fingerprint density at radius 2 is 1.85 bits per heavy atom. The summed E-state index contributed by atoms with van der Waals surface area (Å²) in [4.78, 5) is 4.22. The predicted octanol–water partition coefficient (Wildman–Crippen LogP) is 2.16. The number of rotatable bonds is 5. The van der Waals surface area contributed by atoms with Crippen LogP contribution in [0.1, 0.15) is 18.5 Å². The molecule has 1 aromatic carbocycles. The topological polar surface area (TPSA) is 71.1 Å². The highest BCUT2D eigenvalue weighted by Gasteiger charge is 2.12. The number of sulfonamides is 1. The first-order valence-electron chi connectivity index (χ1n) is 6.23. The molecule has 2 N–H and O–H groups in total. The smallest absolute Gasteiger partial charge is 0.240 e. The molecule has 0 radical (unpaired) electrons. The van der Waals surface area contributed by atoms with E-state index in [1.807, 2.05) is 25.1 Å². The monoisotopic (exact) mass is 291 g/mol. The Bertz CT molecular complexity index is 672. The van der Waals surface area contributed by atoms with E-state index in [0.29, 0.717) is 0 Å². The summed E-state index contributed by atoms with van der Waals surface area (Å²) in [6, 6.07) is 10.6. The van der Waals surface area contributed by atoms with Gasteiger partial charge < -0.3 is 5.32 Å². The van der Waals surface area contributed by atoms with Crippen LogP contribution in [0.4, 0.5) is 5.69 Å². The third kappa shape index (κ3) is 3.34. The second-order valence-corrected chi connectivity index (χ2v) is 6.27. The quantitative estimate of drug-likeness (QED) is 0.885. The molecular weight excluding hydrogens is 274 g/mol. The highest BCUT2D eigenvalue weighted by Crippen LogP contribution is 2.21. The summed E-state index contributed by atoms with van der Waals surface area (Å²) < 4.78 is 25.8. The van der Waals surface area contributed by atoms with Gasteiger partial charge in [0.05, 0.1) is 4.90 Å². The molecule has 2 aromatic rings. The van der Waals surface area contributed by atoms with Crippen LogP contribution in [-0.4, -0.2) is 20.4 Å². The number of nitrogens with zero attached hydrogens (tertiary/aromatic N) is 1. The van der Waals surface area contributed by atoms with Crippen molar-refractivity contribution in [3.8, 4) is 0 Å². The van der Waals surface area contributed by atoms with E-state index in [1.54, 1.807) is 30.6 Å². The number of pyridine rings is 1. The Labute approximate surface area is 119 Å². The van der Waals surface area contributed by atoms with Crippen LogP contribution in [0.5, 0.6) is 0 Å². The molecule has 20 heavy (non-hydrogen) atoms. The number of hydrogen-bond acceptors (Lipinski definition) is 4. The standard InChI is InChI=1S/C14H17N3O2S/c1-11(12-6-8-16-9-7-12)17-13-4-3-5-14(10-13)20(18,19)15-2/h3-11,15,17H,1-2H3. The van der Waals surface area contributed by atoms with E-state index in [0.717, 1.165) is 11.3 Å². The van der Waals surface area contributed by atoms with Crippen molar-refractivity contribution in [3.05, 3.63) is 54.4 Å². The van der Waals surface area contributed by atoms with Crippen LogP contribution in [0.3, 0.4) is 0 Å². The Morgan fingerprint density at radius 1 is 1.15 bits per heavy atom. The van der Waals surface area contributed by atoms with Crippen molar-refractivity contribution in [2.45, 2.75) is 17.9 Å². The highest BCUT2D eigenvalue weighted by atomic mass is 32.2. The normalized spacial score (nSPS) is 12.9. The summed E-state index contributed by atoms with van der Waals surface area (Å²) in [6.45, 7) is 2.01. The third-order valence-electron chi connectivity index (χ3n) is 3.00. The van der Waals surface area contributed by atoms with Crippen molar-refractivity contribution in [1.29, 1.82) is 0 Å². The lowest BCUT2D eigenvalue weighted by Crippen LogP contribution is -2.18. The first-order chi connectivity index (χ1) is 9.53. The number of anilines is 1. The molecule has 1 atom stereocenters.